The zero-order chi connectivity index (χ0) is 7.52. The van der Waals surface area contributed by atoms with E-state index in [4.69, 9.17) is 4.74 Å². The van der Waals surface area contributed by atoms with Crippen molar-refractivity contribution in [1.29, 1.82) is 0 Å². The Kier molecular flexibility index (Phi) is 2.75. The maximum Gasteiger partial charge on any atom is 0.0736 e. The predicted molar refractivity (Wildman–Crippen MR) is 48.5 cm³/mol. The molecule has 0 aromatic heterocycles. The van der Waals surface area contributed by atoms with Crippen LogP contribution in [0.5, 0.6) is 0 Å². The molecule has 2 saturated heterocycles. The van der Waals surface area contributed by atoms with Crippen molar-refractivity contribution in [2.75, 3.05) is 12.4 Å². The summed E-state index contributed by atoms with van der Waals surface area (Å²) in [6.07, 6.45) is 7.14. The summed E-state index contributed by atoms with van der Waals surface area (Å²) >= 11 is 2.04. The highest BCUT2D eigenvalue weighted by Crippen LogP contribution is 2.39. The third kappa shape index (κ3) is 1.91. The molecule has 2 aliphatic heterocycles. The minimum absolute atomic E-state index is 0.524. The zero-order valence-electron chi connectivity index (χ0n) is 6.84. The summed E-state index contributed by atoms with van der Waals surface area (Å²) in [5, 5.41) is 1.63. The Balaban J connectivity index is 1.82. The molecule has 2 heteroatoms. The fourth-order valence-electron chi connectivity index (χ4n) is 1.77. The van der Waals surface area contributed by atoms with E-state index in [1.807, 2.05) is 11.8 Å². The molecule has 0 saturated carbocycles. The lowest BCUT2D eigenvalue weighted by Crippen LogP contribution is -2.23. The number of rotatable bonds is 1. The van der Waals surface area contributed by atoms with E-state index in [9.17, 15) is 0 Å². The Morgan fingerprint density at radius 2 is 2.27 bits per heavy atom. The molecule has 0 N–H and O–H groups in total. The average molecular weight is 171 g/mol. The third-order valence-corrected chi connectivity index (χ3v) is 3.72. The van der Waals surface area contributed by atoms with Crippen LogP contribution < -0.4 is 0 Å². The molecule has 1 atom stereocenters. The van der Waals surface area contributed by atoms with E-state index in [2.05, 4.69) is 0 Å². The lowest BCUT2D eigenvalue weighted by molar-refractivity contribution is 0.0318. The van der Waals surface area contributed by atoms with E-state index in [-0.39, 0.29) is 0 Å². The number of ether oxygens (including phenoxy) is 1. The van der Waals surface area contributed by atoms with Crippen LogP contribution in [0.3, 0.4) is 0 Å². The molecule has 1 nitrogen and oxygen atoms in total. The van der Waals surface area contributed by atoms with E-state index >= 15 is 0 Å². The van der Waals surface area contributed by atoms with E-state index in [1.165, 1.54) is 37.9 Å². The maximum atomic E-state index is 5.70. The quantitative estimate of drug-likeness (QED) is 0.600. The Morgan fingerprint density at radius 3 is 2.91 bits per heavy atom. The van der Waals surface area contributed by atoms with Crippen molar-refractivity contribution in [3.05, 3.63) is 5.25 Å². The lowest BCUT2D eigenvalue weighted by atomic mass is 10.0. The number of thioether (sulfide) groups is 1. The fraction of sp³-hybridized carbons (Fsp3) is 0.889. The monoisotopic (exact) mass is 171 g/mol. The second kappa shape index (κ2) is 3.81. The Labute approximate surface area is 72.9 Å². The molecule has 0 aromatic carbocycles. The molecule has 1 radical (unpaired) electrons. The molecule has 2 fully saturated rings. The second-order valence-corrected chi connectivity index (χ2v) is 4.49. The van der Waals surface area contributed by atoms with Crippen molar-refractivity contribution in [1.82, 2.24) is 0 Å². The summed E-state index contributed by atoms with van der Waals surface area (Å²) in [6.45, 7) is 0.995. The first-order valence-electron chi connectivity index (χ1n) is 4.57. The van der Waals surface area contributed by atoms with Crippen molar-refractivity contribution < 1.29 is 4.74 Å². The van der Waals surface area contributed by atoms with Gasteiger partial charge in [-0.3, -0.25) is 0 Å². The van der Waals surface area contributed by atoms with Gasteiger partial charge in [0.25, 0.3) is 0 Å². The first-order valence-corrected chi connectivity index (χ1v) is 5.55. The Morgan fingerprint density at radius 1 is 1.27 bits per heavy atom. The van der Waals surface area contributed by atoms with Gasteiger partial charge in [-0.2, -0.15) is 11.8 Å². The zero-order valence-corrected chi connectivity index (χ0v) is 7.66. The molecule has 0 aromatic rings. The minimum atomic E-state index is 0.524. The summed E-state index contributed by atoms with van der Waals surface area (Å²) in [7, 11) is 0. The van der Waals surface area contributed by atoms with Crippen LogP contribution in [0.25, 0.3) is 0 Å². The summed E-state index contributed by atoms with van der Waals surface area (Å²) in [4.78, 5) is 0. The topological polar surface area (TPSA) is 9.23 Å². The smallest absolute Gasteiger partial charge is 0.0736 e. The highest BCUT2D eigenvalue weighted by atomic mass is 32.2. The van der Waals surface area contributed by atoms with E-state index < -0.39 is 0 Å². The van der Waals surface area contributed by atoms with Gasteiger partial charge in [0, 0.05) is 6.61 Å². The van der Waals surface area contributed by atoms with Crippen LogP contribution in [0.2, 0.25) is 0 Å². The van der Waals surface area contributed by atoms with Gasteiger partial charge >= 0.3 is 0 Å². The van der Waals surface area contributed by atoms with Crippen LogP contribution in [0, 0.1) is 5.25 Å². The highest BCUT2D eigenvalue weighted by Gasteiger charge is 2.28. The van der Waals surface area contributed by atoms with Crippen molar-refractivity contribution in [2.45, 2.75) is 38.2 Å². The largest absolute Gasteiger partial charge is 0.377 e. The van der Waals surface area contributed by atoms with Gasteiger partial charge < -0.3 is 4.74 Å². The maximum absolute atomic E-state index is 5.70. The molecule has 0 bridgehead atoms. The normalized spacial score (nSPS) is 34.4. The minimum Gasteiger partial charge on any atom is -0.377 e. The van der Waals surface area contributed by atoms with Crippen LogP contribution in [0.1, 0.15) is 32.1 Å². The Hall–Kier alpha value is 0.310. The molecule has 11 heavy (non-hydrogen) atoms. The number of hydrogen-bond acceptors (Lipinski definition) is 2. The number of hydrogen-bond donors (Lipinski definition) is 0. The van der Waals surface area contributed by atoms with Gasteiger partial charge in [0.2, 0.25) is 0 Å². The van der Waals surface area contributed by atoms with Crippen LogP contribution in [0.15, 0.2) is 0 Å². The summed E-state index contributed by atoms with van der Waals surface area (Å²) in [5.74, 6) is 1.33. The standard InChI is InChI=1S/C9H15OS/c1-2-6-10-8(4-1)9-5-3-7-11-9/h8H,1-7H2. The molecule has 0 aliphatic carbocycles. The van der Waals surface area contributed by atoms with E-state index in [1.54, 1.807) is 5.25 Å². The van der Waals surface area contributed by atoms with Crippen LogP contribution in [0.4, 0.5) is 0 Å². The van der Waals surface area contributed by atoms with Gasteiger partial charge in [-0.05, 0) is 37.9 Å². The lowest BCUT2D eigenvalue weighted by Gasteiger charge is -2.26. The Bertz CT molecular complexity index is 115. The SMILES string of the molecule is C1CCC([C]2CCCS2)OC1. The van der Waals surface area contributed by atoms with E-state index in [0.717, 1.165) is 6.61 Å². The summed E-state index contributed by atoms with van der Waals surface area (Å²) in [6, 6.07) is 0. The molecule has 63 valence electrons. The molecule has 2 aliphatic rings. The van der Waals surface area contributed by atoms with Crippen LogP contribution in [-0.2, 0) is 4.74 Å². The van der Waals surface area contributed by atoms with Crippen LogP contribution in [-0.4, -0.2) is 18.5 Å². The molecular formula is C9H15OS. The molecule has 2 heterocycles. The van der Waals surface area contributed by atoms with Gasteiger partial charge in [0.15, 0.2) is 0 Å². The van der Waals surface area contributed by atoms with Gasteiger partial charge in [-0.15, -0.1) is 0 Å². The molecular weight excluding hydrogens is 156 g/mol. The van der Waals surface area contributed by atoms with Gasteiger partial charge in [0.1, 0.15) is 0 Å². The van der Waals surface area contributed by atoms with Crippen molar-refractivity contribution >= 4 is 11.8 Å². The van der Waals surface area contributed by atoms with Gasteiger partial charge in [-0.25, -0.2) is 0 Å². The predicted octanol–water partition coefficient (Wildman–Crippen LogP) is 2.61. The average Bonchev–Trinajstić information content (AvgIpc) is 2.58. The molecule has 0 spiro atoms. The van der Waals surface area contributed by atoms with Crippen molar-refractivity contribution in [2.24, 2.45) is 0 Å². The molecule has 0 amide bonds. The van der Waals surface area contributed by atoms with E-state index in [0.29, 0.717) is 6.10 Å². The highest BCUT2D eigenvalue weighted by molar-refractivity contribution is 8.02. The first kappa shape index (κ1) is 7.93. The first-order chi connectivity index (χ1) is 5.47. The van der Waals surface area contributed by atoms with Crippen LogP contribution >= 0.6 is 11.8 Å². The summed E-state index contributed by atoms with van der Waals surface area (Å²) < 4.78 is 5.70. The summed E-state index contributed by atoms with van der Waals surface area (Å²) in [5.41, 5.74) is 0. The van der Waals surface area contributed by atoms with Gasteiger partial charge in [0.05, 0.1) is 11.4 Å². The van der Waals surface area contributed by atoms with Crippen molar-refractivity contribution in [3.63, 3.8) is 0 Å². The fourth-order valence-corrected chi connectivity index (χ4v) is 2.98. The van der Waals surface area contributed by atoms with Crippen molar-refractivity contribution in [3.8, 4) is 0 Å². The second-order valence-electron chi connectivity index (χ2n) is 3.27. The molecule has 2 rings (SSSR count). The third-order valence-electron chi connectivity index (χ3n) is 2.39. The molecule has 1 unspecified atom stereocenters. The van der Waals surface area contributed by atoms with Gasteiger partial charge in [-0.1, -0.05) is 0 Å².